The highest BCUT2D eigenvalue weighted by molar-refractivity contribution is 5.94. The molecule has 7 nitrogen and oxygen atoms in total. The van der Waals surface area contributed by atoms with Crippen LogP contribution in [0.3, 0.4) is 0 Å². The summed E-state index contributed by atoms with van der Waals surface area (Å²) in [4.78, 5) is 20.1. The molecule has 2 N–H and O–H groups in total. The Kier molecular flexibility index (Phi) is 5.16. The Balaban J connectivity index is 1.52. The number of hydrogen-bond donors (Lipinski definition) is 2. The van der Waals surface area contributed by atoms with Gasteiger partial charge >= 0.3 is 0 Å². The van der Waals surface area contributed by atoms with E-state index in [0.29, 0.717) is 18.2 Å². The minimum Gasteiger partial charge on any atom is -0.368 e. The molecular formula is C17H16F2N6O. The normalized spacial score (nSPS) is 10.6. The summed E-state index contributed by atoms with van der Waals surface area (Å²) in [6, 6.07) is 6.60. The van der Waals surface area contributed by atoms with Gasteiger partial charge in [-0.1, -0.05) is 0 Å². The Morgan fingerprint density at radius 1 is 1.12 bits per heavy atom. The molecule has 1 amide bonds. The molecule has 3 rings (SSSR count). The van der Waals surface area contributed by atoms with Gasteiger partial charge in [0.2, 0.25) is 0 Å². The van der Waals surface area contributed by atoms with Crippen LogP contribution in [0.25, 0.3) is 5.82 Å². The lowest BCUT2D eigenvalue weighted by atomic mass is 10.2. The van der Waals surface area contributed by atoms with Crippen LogP contribution in [0.4, 0.5) is 14.6 Å². The van der Waals surface area contributed by atoms with Gasteiger partial charge in [-0.15, -0.1) is 0 Å². The van der Waals surface area contributed by atoms with Crippen LogP contribution >= 0.6 is 0 Å². The highest BCUT2D eigenvalue weighted by Gasteiger charge is 2.09. The van der Waals surface area contributed by atoms with Crippen LogP contribution in [0.1, 0.15) is 16.1 Å². The van der Waals surface area contributed by atoms with Gasteiger partial charge in [0, 0.05) is 30.9 Å². The van der Waals surface area contributed by atoms with Gasteiger partial charge in [-0.05, 0) is 31.2 Å². The van der Waals surface area contributed by atoms with Crippen LogP contribution in [0.5, 0.6) is 0 Å². The van der Waals surface area contributed by atoms with Crippen LogP contribution in [-0.4, -0.2) is 38.7 Å². The van der Waals surface area contributed by atoms with Crippen LogP contribution < -0.4 is 10.6 Å². The molecule has 9 heteroatoms. The molecule has 1 aromatic carbocycles. The maximum absolute atomic E-state index is 13.1. The molecule has 3 aromatic rings. The van der Waals surface area contributed by atoms with Crippen molar-refractivity contribution in [3.05, 3.63) is 65.7 Å². The molecule has 0 aliphatic rings. The topological polar surface area (TPSA) is 84.7 Å². The smallest absolute Gasteiger partial charge is 0.251 e. The number of aryl methyl sites for hydroxylation is 1. The van der Waals surface area contributed by atoms with E-state index in [0.717, 1.165) is 17.8 Å². The molecule has 0 aliphatic carbocycles. The van der Waals surface area contributed by atoms with E-state index in [2.05, 4.69) is 25.7 Å². The molecule has 0 spiro atoms. The van der Waals surface area contributed by atoms with E-state index in [1.165, 1.54) is 12.4 Å². The fourth-order valence-corrected chi connectivity index (χ4v) is 2.22. The average molecular weight is 358 g/mol. The molecule has 134 valence electrons. The maximum Gasteiger partial charge on any atom is 0.251 e. The molecule has 0 aliphatic heterocycles. The molecule has 0 fully saturated rings. The standard InChI is InChI=1S/C17H16F2N6O/c1-11-4-7-25(24-11)16-9-15(22-10-23-16)20-5-6-21-17(26)12-2-3-13(18)14(19)8-12/h2-4,7-10H,5-6H2,1H3,(H,21,26)(H,20,22,23). The minimum atomic E-state index is -1.06. The Morgan fingerprint density at radius 2 is 1.96 bits per heavy atom. The quantitative estimate of drug-likeness (QED) is 0.659. The molecular weight excluding hydrogens is 342 g/mol. The number of halogens is 2. The summed E-state index contributed by atoms with van der Waals surface area (Å²) in [5, 5.41) is 9.93. The third-order valence-electron chi connectivity index (χ3n) is 3.51. The van der Waals surface area contributed by atoms with Crippen molar-refractivity contribution in [1.29, 1.82) is 0 Å². The zero-order chi connectivity index (χ0) is 18.5. The first-order valence-electron chi connectivity index (χ1n) is 7.85. The molecule has 26 heavy (non-hydrogen) atoms. The predicted octanol–water partition coefficient (Wildman–Crippen LogP) is 2.09. The second-order valence-corrected chi connectivity index (χ2v) is 5.47. The second kappa shape index (κ2) is 7.68. The molecule has 0 unspecified atom stereocenters. The number of hydrogen-bond acceptors (Lipinski definition) is 5. The number of aromatic nitrogens is 4. The summed E-state index contributed by atoms with van der Waals surface area (Å²) in [7, 11) is 0. The van der Waals surface area contributed by atoms with E-state index in [-0.39, 0.29) is 12.1 Å². The highest BCUT2D eigenvalue weighted by Crippen LogP contribution is 2.09. The van der Waals surface area contributed by atoms with Crippen LogP contribution in [0, 0.1) is 18.6 Å². The first-order chi connectivity index (χ1) is 12.5. The molecule has 0 saturated heterocycles. The van der Waals surface area contributed by atoms with E-state index in [4.69, 9.17) is 0 Å². The summed E-state index contributed by atoms with van der Waals surface area (Å²) >= 11 is 0. The fraction of sp³-hybridized carbons (Fsp3) is 0.176. The van der Waals surface area contributed by atoms with Crippen LogP contribution in [-0.2, 0) is 0 Å². The molecule has 0 radical (unpaired) electrons. The average Bonchev–Trinajstić information content (AvgIpc) is 3.07. The Labute approximate surface area is 148 Å². The van der Waals surface area contributed by atoms with E-state index in [9.17, 15) is 13.6 Å². The number of amides is 1. The van der Waals surface area contributed by atoms with Gasteiger partial charge < -0.3 is 10.6 Å². The SMILES string of the molecule is Cc1ccn(-c2cc(NCCNC(=O)c3ccc(F)c(F)c3)ncn2)n1. The fourth-order valence-electron chi connectivity index (χ4n) is 2.22. The van der Waals surface area contributed by atoms with Gasteiger partial charge in [-0.2, -0.15) is 5.10 Å². The predicted molar refractivity (Wildman–Crippen MR) is 91.1 cm³/mol. The monoisotopic (exact) mass is 358 g/mol. The molecule has 0 bridgehead atoms. The van der Waals surface area contributed by atoms with Crippen molar-refractivity contribution < 1.29 is 13.6 Å². The third kappa shape index (κ3) is 4.18. The Bertz CT molecular complexity index is 927. The Hall–Kier alpha value is -3.36. The third-order valence-corrected chi connectivity index (χ3v) is 3.51. The van der Waals surface area contributed by atoms with Crippen molar-refractivity contribution in [3.8, 4) is 5.82 Å². The number of benzene rings is 1. The van der Waals surface area contributed by atoms with Crippen molar-refractivity contribution in [1.82, 2.24) is 25.1 Å². The second-order valence-electron chi connectivity index (χ2n) is 5.47. The molecule has 2 aromatic heterocycles. The number of anilines is 1. The number of carbonyl (C=O) groups excluding carboxylic acids is 1. The summed E-state index contributed by atoms with van der Waals surface area (Å²) in [5.41, 5.74) is 0.931. The molecule has 2 heterocycles. The number of carbonyl (C=O) groups is 1. The van der Waals surface area contributed by atoms with Gasteiger partial charge in [0.05, 0.1) is 5.69 Å². The zero-order valence-corrected chi connectivity index (χ0v) is 13.9. The van der Waals surface area contributed by atoms with Crippen molar-refractivity contribution in [2.45, 2.75) is 6.92 Å². The van der Waals surface area contributed by atoms with Crippen molar-refractivity contribution in [2.75, 3.05) is 18.4 Å². The number of nitrogens with zero attached hydrogens (tertiary/aromatic N) is 4. The summed E-state index contributed by atoms with van der Waals surface area (Å²) in [6.45, 7) is 2.55. The van der Waals surface area contributed by atoms with Crippen LogP contribution in [0.2, 0.25) is 0 Å². The number of nitrogens with one attached hydrogen (secondary N) is 2. The zero-order valence-electron chi connectivity index (χ0n) is 13.9. The van der Waals surface area contributed by atoms with Gasteiger partial charge in [0.1, 0.15) is 12.1 Å². The van der Waals surface area contributed by atoms with Crippen molar-refractivity contribution >= 4 is 11.7 Å². The lowest BCUT2D eigenvalue weighted by Gasteiger charge is -2.08. The van der Waals surface area contributed by atoms with Crippen molar-refractivity contribution in [3.63, 3.8) is 0 Å². The largest absolute Gasteiger partial charge is 0.368 e. The van der Waals surface area contributed by atoms with E-state index >= 15 is 0 Å². The molecule has 0 atom stereocenters. The van der Waals surface area contributed by atoms with E-state index in [1.807, 2.05) is 13.0 Å². The van der Waals surface area contributed by atoms with Crippen LogP contribution in [0.15, 0.2) is 42.9 Å². The summed E-state index contributed by atoms with van der Waals surface area (Å²) in [6.07, 6.45) is 3.21. The minimum absolute atomic E-state index is 0.0577. The lowest BCUT2D eigenvalue weighted by molar-refractivity contribution is 0.0954. The first-order valence-corrected chi connectivity index (χ1v) is 7.85. The molecule has 0 saturated carbocycles. The van der Waals surface area contributed by atoms with Gasteiger partial charge in [-0.3, -0.25) is 4.79 Å². The van der Waals surface area contributed by atoms with Gasteiger partial charge in [-0.25, -0.2) is 23.4 Å². The highest BCUT2D eigenvalue weighted by atomic mass is 19.2. The summed E-state index contributed by atoms with van der Waals surface area (Å²) in [5.74, 6) is -1.35. The Morgan fingerprint density at radius 3 is 2.69 bits per heavy atom. The maximum atomic E-state index is 13.1. The van der Waals surface area contributed by atoms with Crippen molar-refractivity contribution in [2.24, 2.45) is 0 Å². The van der Waals surface area contributed by atoms with E-state index < -0.39 is 17.5 Å². The number of rotatable bonds is 6. The lowest BCUT2D eigenvalue weighted by Crippen LogP contribution is -2.29. The van der Waals surface area contributed by atoms with E-state index in [1.54, 1.807) is 16.9 Å². The summed E-state index contributed by atoms with van der Waals surface area (Å²) < 4.78 is 27.6. The van der Waals surface area contributed by atoms with Gasteiger partial charge in [0.25, 0.3) is 5.91 Å². The first kappa shape index (κ1) is 17.5. The van der Waals surface area contributed by atoms with Gasteiger partial charge in [0.15, 0.2) is 17.5 Å².